The van der Waals surface area contributed by atoms with Gasteiger partial charge in [-0.15, -0.1) is 0 Å². The maximum atomic E-state index is 3.48. The number of aromatic amines is 1. The van der Waals surface area contributed by atoms with Crippen LogP contribution in [0.3, 0.4) is 0 Å². The summed E-state index contributed by atoms with van der Waals surface area (Å²) in [4.78, 5) is 8.51. The average molecular weight is 333 g/mol. The first-order valence-electron chi connectivity index (χ1n) is 9.72. The zero-order chi connectivity index (χ0) is 16.8. The third kappa shape index (κ3) is 2.76. The van der Waals surface area contributed by atoms with Crippen LogP contribution in [-0.2, 0) is 0 Å². The van der Waals surface area contributed by atoms with Gasteiger partial charge >= 0.3 is 0 Å². The van der Waals surface area contributed by atoms with Crippen LogP contribution in [0.25, 0.3) is 22.0 Å². The Hall–Kier alpha value is -1.84. The molecule has 25 heavy (non-hydrogen) atoms. The summed E-state index contributed by atoms with van der Waals surface area (Å²) in [6.45, 7) is 4.73. The number of nitrogens with zero attached hydrogens (tertiary/aromatic N) is 2. The van der Waals surface area contributed by atoms with E-state index in [1.807, 2.05) is 0 Å². The molecule has 0 unspecified atom stereocenters. The molecule has 1 saturated heterocycles. The normalized spacial score (nSPS) is 25.1. The number of benzene rings is 1. The van der Waals surface area contributed by atoms with Crippen LogP contribution < -0.4 is 0 Å². The topological polar surface area (TPSA) is 22.3 Å². The Morgan fingerprint density at radius 2 is 2.00 bits per heavy atom. The van der Waals surface area contributed by atoms with Gasteiger partial charge in [-0.1, -0.05) is 18.2 Å². The van der Waals surface area contributed by atoms with E-state index in [0.29, 0.717) is 6.04 Å². The van der Waals surface area contributed by atoms with E-state index in [4.69, 9.17) is 0 Å². The minimum absolute atomic E-state index is 0.682. The standard InChI is InChI=1S/C22H27N3/c1-24-10-6-16(7-11-24)21-15-23-22-5-4-17(14-20(21)22)18-8-12-25-9-2-3-19(25)13-18/h4-6,13-15,19,23H,2-3,7-12H2,1H3/t19-/m0/s1. The van der Waals surface area contributed by atoms with Crippen molar-refractivity contribution in [3.05, 3.63) is 47.7 Å². The van der Waals surface area contributed by atoms with Gasteiger partial charge in [-0.05, 0) is 68.1 Å². The van der Waals surface area contributed by atoms with Gasteiger partial charge in [0.25, 0.3) is 0 Å². The maximum Gasteiger partial charge on any atom is 0.0460 e. The third-order valence-corrected chi connectivity index (χ3v) is 6.29. The third-order valence-electron chi connectivity index (χ3n) is 6.29. The van der Waals surface area contributed by atoms with Gasteiger partial charge in [-0.2, -0.15) is 0 Å². The zero-order valence-electron chi connectivity index (χ0n) is 15.1. The number of hydrogen-bond acceptors (Lipinski definition) is 2. The van der Waals surface area contributed by atoms with Crippen LogP contribution in [-0.4, -0.2) is 54.1 Å². The zero-order valence-corrected chi connectivity index (χ0v) is 15.1. The molecule has 1 aromatic heterocycles. The van der Waals surface area contributed by atoms with Crippen molar-refractivity contribution >= 4 is 22.0 Å². The molecule has 0 bridgehead atoms. The van der Waals surface area contributed by atoms with Gasteiger partial charge < -0.3 is 9.88 Å². The predicted molar refractivity (Wildman–Crippen MR) is 106 cm³/mol. The number of rotatable bonds is 2. The fourth-order valence-electron chi connectivity index (χ4n) is 4.74. The van der Waals surface area contributed by atoms with Crippen molar-refractivity contribution in [3.63, 3.8) is 0 Å². The molecule has 0 aliphatic carbocycles. The molecule has 5 rings (SSSR count). The van der Waals surface area contributed by atoms with E-state index in [0.717, 1.165) is 19.5 Å². The lowest BCUT2D eigenvalue weighted by Gasteiger charge is -2.28. The smallest absolute Gasteiger partial charge is 0.0460 e. The highest BCUT2D eigenvalue weighted by Gasteiger charge is 2.26. The van der Waals surface area contributed by atoms with Gasteiger partial charge in [0.05, 0.1) is 0 Å². The van der Waals surface area contributed by atoms with E-state index in [1.54, 1.807) is 5.57 Å². The second-order valence-electron chi connectivity index (χ2n) is 7.89. The molecular formula is C22H27N3. The van der Waals surface area contributed by atoms with E-state index < -0.39 is 0 Å². The lowest BCUT2D eigenvalue weighted by atomic mass is 9.93. The van der Waals surface area contributed by atoms with E-state index >= 15 is 0 Å². The fourth-order valence-corrected chi connectivity index (χ4v) is 4.74. The van der Waals surface area contributed by atoms with Crippen LogP contribution in [0, 0.1) is 0 Å². The van der Waals surface area contributed by atoms with Crippen molar-refractivity contribution in [3.8, 4) is 0 Å². The van der Waals surface area contributed by atoms with Crippen LogP contribution in [0.15, 0.2) is 36.5 Å². The Kier molecular flexibility index (Phi) is 3.79. The van der Waals surface area contributed by atoms with Crippen molar-refractivity contribution in [1.82, 2.24) is 14.8 Å². The van der Waals surface area contributed by atoms with Crippen molar-refractivity contribution < 1.29 is 0 Å². The summed E-state index contributed by atoms with van der Waals surface area (Å²) < 4.78 is 0. The Balaban J connectivity index is 1.52. The Morgan fingerprint density at radius 3 is 2.88 bits per heavy atom. The summed E-state index contributed by atoms with van der Waals surface area (Å²) in [5, 5.41) is 1.39. The highest BCUT2D eigenvalue weighted by atomic mass is 15.2. The Bertz CT molecular complexity index is 857. The Labute approximate surface area is 150 Å². The molecule has 3 heteroatoms. The van der Waals surface area contributed by atoms with Crippen molar-refractivity contribution in [2.75, 3.05) is 33.2 Å². The second kappa shape index (κ2) is 6.15. The maximum absolute atomic E-state index is 3.48. The number of H-pyrrole nitrogens is 1. The summed E-state index contributed by atoms with van der Waals surface area (Å²) >= 11 is 0. The fraction of sp³-hybridized carbons (Fsp3) is 0.455. The molecule has 130 valence electrons. The highest BCUT2D eigenvalue weighted by Crippen LogP contribution is 2.34. The highest BCUT2D eigenvalue weighted by molar-refractivity contribution is 5.94. The van der Waals surface area contributed by atoms with E-state index in [-0.39, 0.29) is 0 Å². The molecule has 3 nitrogen and oxygen atoms in total. The molecule has 0 spiro atoms. The van der Waals surface area contributed by atoms with E-state index in [9.17, 15) is 0 Å². The first-order valence-corrected chi connectivity index (χ1v) is 9.72. The van der Waals surface area contributed by atoms with Crippen molar-refractivity contribution in [2.45, 2.75) is 31.7 Å². The molecule has 0 amide bonds. The molecule has 4 heterocycles. The molecule has 3 aliphatic heterocycles. The lowest BCUT2D eigenvalue weighted by Crippen LogP contribution is -2.32. The summed E-state index contributed by atoms with van der Waals surface area (Å²) in [6, 6.07) is 7.69. The molecule has 0 saturated carbocycles. The Morgan fingerprint density at radius 1 is 1.08 bits per heavy atom. The van der Waals surface area contributed by atoms with Gasteiger partial charge in [0.2, 0.25) is 0 Å². The second-order valence-corrected chi connectivity index (χ2v) is 7.89. The summed E-state index contributed by atoms with van der Waals surface area (Å²) in [5.74, 6) is 0. The van der Waals surface area contributed by atoms with Crippen LogP contribution >= 0.6 is 0 Å². The minimum atomic E-state index is 0.682. The van der Waals surface area contributed by atoms with Crippen LogP contribution in [0.1, 0.15) is 36.8 Å². The number of hydrogen-bond donors (Lipinski definition) is 1. The van der Waals surface area contributed by atoms with Crippen LogP contribution in [0.2, 0.25) is 0 Å². The number of likely N-dealkylation sites (N-methyl/N-ethyl adjacent to an activating group) is 1. The molecular weight excluding hydrogens is 306 g/mol. The molecule has 2 aromatic rings. The first-order chi connectivity index (χ1) is 12.3. The summed E-state index contributed by atoms with van der Waals surface area (Å²) in [5.41, 5.74) is 7.14. The average Bonchev–Trinajstić information content (AvgIpc) is 3.28. The largest absolute Gasteiger partial charge is 0.361 e. The minimum Gasteiger partial charge on any atom is -0.361 e. The monoisotopic (exact) mass is 333 g/mol. The summed E-state index contributed by atoms with van der Waals surface area (Å²) in [7, 11) is 2.20. The summed E-state index contributed by atoms with van der Waals surface area (Å²) in [6.07, 6.45) is 12.2. The van der Waals surface area contributed by atoms with E-state index in [1.165, 1.54) is 60.0 Å². The molecule has 1 atom stereocenters. The van der Waals surface area contributed by atoms with Gasteiger partial charge in [0.1, 0.15) is 0 Å². The van der Waals surface area contributed by atoms with Crippen molar-refractivity contribution in [1.29, 1.82) is 0 Å². The van der Waals surface area contributed by atoms with Gasteiger partial charge in [0.15, 0.2) is 0 Å². The number of fused-ring (bicyclic) bond motifs is 2. The lowest BCUT2D eigenvalue weighted by molar-refractivity contribution is 0.288. The number of aromatic nitrogens is 1. The van der Waals surface area contributed by atoms with Gasteiger partial charge in [-0.25, -0.2) is 0 Å². The van der Waals surface area contributed by atoms with Gasteiger partial charge in [0, 0.05) is 48.3 Å². The van der Waals surface area contributed by atoms with E-state index in [2.05, 4.69) is 58.4 Å². The molecule has 1 aromatic carbocycles. The molecule has 1 fully saturated rings. The number of nitrogens with one attached hydrogen (secondary N) is 1. The predicted octanol–water partition coefficient (Wildman–Crippen LogP) is 4.14. The molecule has 1 N–H and O–H groups in total. The van der Waals surface area contributed by atoms with Gasteiger partial charge in [-0.3, -0.25) is 4.90 Å². The quantitative estimate of drug-likeness (QED) is 0.892. The van der Waals surface area contributed by atoms with Crippen LogP contribution in [0.5, 0.6) is 0 Å². The molecule has 0 radical (unpaired) electrons. The first kappa shape index (κ1) is 15.4. The SMILES string of the molecule is CN1CC=C(c2c[nH]c3ccc(C4=C[C@@H]5CCCN5CC4)cc23)CC1. The van der Waals surface area contributed by atoms with Crippen molar-refractivity contribution in [2.24, 2.45) is 0 Å². The molecule has 3 aliphatic rings. The van der Waals surface area contributed by atoms with Crippen LogP contribution in [0.4, 0.5) is 0 Å².